The van der Waals surface area contributed by atoms with E-state index in [1.54, 1.807) is 6.08 Å². The second-order valence-electron chi connectivity index (χ2n) is 20.6. The third kappa shape index (κ3) is 52.1. The summed E-state index contributed by atoms with van der Waals surface area (Å²) in [5.41, 5.74) is 0. The molecular formula is C60H117NO4. The maximum absolute atomic E-state index is 12.5. The molecule has 5 heteroatoms. The Hall–Kier alpha value is -1.17. The van der Waals surface area contributed by atoms with Gasteiger partial charge in [-0.3, -0.25) is 4.79 Å². The summed E-state index contributed by atoms with van der Waals surface area (Å²) in [4.78, 5) is 12.5. The Morgan fingerprint density at radius 3 is 0.985 bits per heavy atom. The van der Waals surface area contributed by atoms with Crippen LogP contribution < -0.4 is 5.32 Å². The van der Waals surface area contributed by atoms with Gasteiger partial charge in [0.15, 0.2) is 0 Å². The standard InChI is InChI=1S/C60H117NO4/c1-3-5-7-9-11-13-15-17-19-21-23-25-27-29-30-31-33-35-37-39-41-43-45-47-49-51-53-57(63)55-60(65)61-58(56-62)59(64)54-52-50-48-46-44-42-40-38-36-34-32-28-26-24-22-20-18-16-14-12-10-8-6-4-2/h44,46,52,54,57-59,62-64H,3-43,45,47-51,53,55-56H2,1-2H3,(H,61,65)/b46-44+,54-52+. The van der Waals surface area contributed by atoms with Gasteiger partial charge in [-0.1, -0.05) is 314 Å². The highest BCUT2D eigenvalue weighted by atomic mass is 16.3. The lowest BCUT2D eigenvalue weighted by Gasteiger charge is -2.21. The first kappa shape index (κ1) is 63.8. The van der Waals surface area contributed by atoms with Gasteiger partial charge in [0.2, 0.25) is 5.91 Å². The minimum Gasteiger partial charge on any atom is -0.394 e. The van der Waals surface area contributed by atoms with E-state index in [-0.39, 0.29) is 18.9 Å². The molecule has 65 heavy (non-hydrogen) atoms. The van der Waals surface area contributed by atoms with Crippen LogP contribution in [0, 0.1) is 0 Å². The van der Waals surface area contributed by atoms with Crippen molar-refractivity contribution in [3.8, 4) is 0 Å². The second-order valence-corrected chi connectivity index (χ2v) is 20.6. The molecule has 1 amide bonds. The molecule has 0 aliphatic carbocycles. The van der Waals surface area contributed by atoms with Gasteiger partial charge in [0.1, 0.15) is 0 Å². The molecule has 3 unspecified atom stereocenters. The molecule has 0 saturated heterocycles. The highest BCUT2D eigenvalue weighted by Crippen LogP contribution is 2.18. The van der Waals surface area contributed by atoms with E-state index >= 15 is 0 Å². The summed E-state index contributed by atoms with van der Waals surface area (Å²) in [6.45, 7) is 4.25. The van der Waals surface area contributed by atoms with Gasteiger partial charge in [0.05, 0.1) is 31.3 Å². The van der Waals surface area contributed by atoms with E-state index in [1.165, 1.54) is 270 Å². The maximum Gasteiger partial charge on any atom is 0.222 e. The molecule has 0 saturated carbocycles. The van der Waals surface area contributed by atoms with Gasteiger partial charge in [0, 0.05) is 0 Å². The molecule has 0 aromatic carbocycles. The molecule has 386 valence electrons. The first-order chi connectivity index (χ1) is 32.0. The van der Waals surface area contributed by atoms with Crippen LogP contribution in [0.2, 0.25) is 0 Å². The van der Waals surface area contributed by atoms with Gasteiger partial charge in [0.25, 0.3) is 0 Å². The number of carbonyl (C=O) groups excluding carboxylic acids is 1. The van der Waals surface area contributed by atoms with Gasteiger partial charge in [-0.2, -0.15) is 0 Å². The number of hydrogen-bond donors (Lipinski definition) is 4. The Morgan fingerprint density at radius 1 is 0.385 bits per heavy atom. The fraction of sp³-hybridized carbons (Fsp3) is 0.917. The van der Waals surface area contributed by atoms with Crippen molar-refractivity contribution >= 4 is 5.91 Å². The molecule has 0 heterocycles. The van der Waals surface area contributed by atoms with Crippen LogP contribution in [-0.4, -0.2) is 46.1 Å². The number of aliphatic hydroxyl groups is 3. The van der Waals surface area contributed by atoms with Crippen molar-refractivity contribution in [2.45, 2.75) is 347 Å². The van der Waals surface area contributed by atoms with E-state index in [0.717, 1.165) is 32.1 Å². The van der Waals surface area contributed by atoms with Crippen molar-refractivity contribution < 1.29 is 20.1 Å². The van der Waals surface area contributed by atoms with Crippen LogP contribution in [-0.2, 0) is 4.79 Å². The zero-order valence-corrected chi connectivity index (χ0v) is 44.1. The topological polar surface area (TPSA) is 89.8 Å². The van der Waals surface area contributed by atoms with Crippen LogP contribution in [0.5, 0.6) is 0 Å². The summed E-state index contributed by atoms with van der Waals surface area (Å²) in [7, 11) is 0. The normalized spacial score (nSPS) is 13.4. The lowest BCUT2D eigenvalue weighted by atomic mass is 10.0. The molecule has 0 aromatic heterocycles. The molecule has 0 bridgehead atoms. The molecule has 0 radical (unpaired) electrons. The molecule has 0 spiro atoms. The van der Waals surface area contributed by atoms with E-state index < -0.39 is 18.2 Å². The number of amides is 1. The fourth-order valence-electron chi connectivity index (χ4n) is 9.48. The highest BCUT2D eigenvalue weighted by molar-refractivity contribution is 5.76. The monoisotopic (exact) mass is 916 g/mol. The van der Waals surface area contributed by atoms with Crippen molar-refractivity contribution in [1.29, 1.82) is 0 Å². The minimum atomic E-state index is -0.951. The molecule has 3 atom stereocenters. The van der Waals surface area contributed by atoms with Crippen molar-refractivity contribution in [3.05, 3.63) is 24.3 Å². The van der Waals surface area contributed by atoms with Crippen molar-refractivity contribution in [2.24, 2.45) is 0 Å². The Bertz CT molecular complexity index is 967. The highest BCUT2D eigenvalue weighted by Gasteiger charge is 2.20. The summed E-state index contributed by atoms with van der Waals surface area (Å²) >= 11 is 0. The first-order valence-electron chi connectivity index (χ1n) is 29.6. The largest absolute Gasteiger partial charge is 0.394 e. The number of carbonyl (C=O) groups is 1. The molecule has 0 aromatic rings. The Labute approximate surface area is 407 Å². The number of allylic oxidation sites excluding steroid dienone is 3. The lowest BCUT2D eigenvalue weighted by molar-refractivity contribution is -0.124. The Morgan fingerprint density at radius 2 is 0.662 bits per heavy atom. The first-order valence-corrected chi connectivity index (χ1v) is 29.6. The Balaban J connectivity index is 3.56. The van der Waals surface area contributed by atoms with Crippen LogP contribution >= 0.6 is 0 Å². The van der Waals surface area contributed by atoms with Crippen LogP contribution in [0.25, 0.3) is 0 Å². The molecule has 0 rings (SSSR count). The lowest BCUT2D eigenvalue weighted by Crippen LogP contribution is -2.45. The zero-order chi connectivity index (χ0) is 47.2. The summed E-state index contributed by atoms with van der Waals surface area (Å²) in [5.74, 6) is -0.318. The van der Waals surface area contributed by atoms with Crippen LogP contribution in [0.4, 0.5) is 0 Å². The number of nitrogens with one attached hydrogen (secondary N) is 1. The third-order valence-corrected chi connectivity index (χ3v) is 14.0. The van der Waals surface area contributed by atoms with E-state index in [2.05, 4.69) is 31.3 Å². The van der Waals surface area contributed by atoms with Crippen molar-refractivity contribution in [2.75, 3.05) is 6.61 Å². The zero-order valence-electron chi connectivity index (χ0n) is 44.1. The number of rotatable bonds is 55. The van der Waals surface area contributed by atoms with Crippen LogP contribution in [0.15, 0.2) is 24.3 Å². The van der Waals surface area contributed by atoms with Gasteiger partial charge < -0.3 is 20.6 Å². The van der Waals surface area contributed by atoms with E-state index in [0.29, 0.717) is 6.42 Å². The third-order valence-electron chi connectivity index (χ3n) is 14.0. The second kappa shape index (κ2) is 55.4. The molecule has 0 fully saturated rings. The van der Waals surface area contributed by atoms with Gasteiger partial charge in [-0.25, -0.2) is 0 Å². The Kier molecular flexibility index (Phi) is 54.4. The number of aliphatic hydroxyl groups excluding tert-OH is 3. The number of unbranched alkanes of at least 4 members (excludes halogenated alkanes) is 44. The predicted molar refractivity (Wildman–Crippen MR) is 287 cm³/mol. The molecule has 5 nitrogen and oxygen atoms in total. The molecular weight excluding hydrogens is 799 g/mol. The smallest absolute Gasteiger partial charge is 0.222 e. The van der Waals surface area contributed by atoms with Gasteiger partial charge in [-0.15, -0.1) is 0 Å². The molecule has 0 aliphatic rings. The van der Waals surface area contributed by atoms with Gasteiger partial charge in [-0.05, 0) is 32.1 Å². The summed E-state index contributed by atoms with van der Waals surface area (Å²) < 4.78 is 0. The minimum absolute atomic E-state index is 0.0106. The van der Waals surface area contributed by atoms with Crippen LogP contribution in [0.1, 0.15) is 328 Å². The average molecular weight is 917 g/mol. The summed E-state index contributed by atoms with van der Waals surface area (Å²) in [6.07, 6.45) is 71.0. The average Bonchev–Trinajstić information content (AvgIpc) is 3.30. The van der Waals surface area contributed by atoms with Crippen molar-refractivity contribution in [1.82, 2.24) is 5.32 Å². The molecule has 4 N–H and O–H groups in total. The van der Waals surface area contributed by atoms with E-state index in [1.807, 2.05) is 6.08 Å². The summed E-state index contributed by atoms with van der Waals surface area (Å²) in [6, 6.07) is -0.759. The van der Waals surface area contributed by atoms with E-state index in [4.69, 9.17) is 0 Å². The molecule has 0 aliphatic heterocycles. The van der Waals surface area contributed by atoms with Crippen LogP contribution in [0.3, 0.4) is 0 Å². The summed E-state index contributed by atoms with van der Waals surface area (Å²) in [5, 5.41) is 33.5. The predicted octanol–water partition coefficient (Wildman–Crippen LogP) is 18.5. The SMILES string of the molecule is CCCCCCCCCCCCCCCCCCCC/C=C/CC/C=C/C(O)C(CO)NC(=O)CC(O)CCCCCCCCCCCCCCCCCCCCCCCCCCCC. The maximum atomic E-state index is 12.5. The fourth-order valence-corrected chi connectivity index (χ4v) is 9.48. The quantitative estimate of drug-likeness (QED) is 0.0361. The van der Waals surface area contributed by atoms with Gasteiger partial charge >= 0.3 is 0 Å². The van der Waals surface area contributed by atoms with Crippen molar-refractivity contribution in [3.63, 3.8) is 0 Å². The number of hydrogen-bond acceptors (Lipinski definition) is 4. The van der Waals surface area contributed by atoms with E-state index in [9.17, 15) is 20.1 Å².